The highest BCUT2D eigenvalue weighted by Gasteiger charge is 2.24. The normalized spacial score (nSPS) is 16.9. The first-order valence-electron chi connectivity index (χ1n) is 8.93. The van der Waals surface area contributed by atoms with Crippen LogP contribution in [0.4, 0.5) is 0 Å². The van der Waals surface area contributed by atoms with Gasteiger partial charge in [0.1, 0.15) is 5.56 Å². The van der Waals surface area contributed by atoms with Gasteiger partial charge in [-0.25, -0.2) is 0 Å². The molecule has 0 radical (unpaired) electrons. The average Bonchev–Trinajstić information content (AvgIpc) is 3.17. The first-order chi connectivity index (χ1) is 12.6. The van der Waals surface area contributed by atoms with Crippen LogP contribution in [-0.2, 0) is 11.8 Å². The highest BCUT2D eigenvalue weighted by molar-refractivity contribution is 5.94. The zero-order valence-corrected chi connectivity index (χ0v) is 15.0. The highest BCUT2D eigenvalue weighted by atomic mass is 16.5. The maximum absolute atomic E-state index is 13.0. The van der Waals surface area contributed by atoms with Crippen molar-refractivity contribution < 1.29 is 9.53 Å². The fraction of sp³-hybridized carbons (Fsp3) is 0.333. The van der Waals surface area contributed by atoms with E-state index in [0.717, 1.165) is 25.0 Å². The van der Waals surface area contributed by atoms with Gasteiger partial charge in [0.2, 0.25) is 0 Å². The van der Waals surface area contributed by atoms with Gasteiger partial charge in [-0.1, -0.05) is 42.5 Å². The third kappa shape index (κ3) is 4.49. The zero-order valence-electron chi connectivity index (χ0n) is 15.0. The fourth-order valence-electron chi connectivity index (χ4n) is 3.09. The summed E-state index contributed by atoms with van der Waals surface area (Å²) < 4.78 is 7.11. The summed E-state index contributed by atoms with van der Waals surface area (Å²) in [5.74, 6) is -0.251. The number of aryl methyl sites for hydroxylation is 1. The Morgan fingerprint density at radius 1 is 1.27 bits per heavy atom. The molecule has 2 aromatic rings. The maximum Gasteiger partial charge on any atom is 0.263 e. The van der Waals surface area contributed by atoms with Crippen LogP contribution >= 0.6 is 0 Å². The second-order valence-electron chi connectivity index (χ2n) is 6.50. The Labute approximate surface area is 153 Å². The maximum atomic E-state index is 13.0. The molecule has 3 rings (SSSR count). The molecule has 1 saturated heterocycles. The van der Waals surface area contributed by atoms with Crippen molar-refractivity contribution in [2.24, 2.45) is 7.05 Å². The van der Waals surface area contributed by atoms with Gasteiger partial charge in [0.15, 0.2) is 0 Å². The summed E-state index contributed by atoms with van der Waals surface area (Å²) in [6, 6.07) is 13.2. The Bertz CT molecular complexity index is 821. The molecule has 1 fully saturated rings. The van der Waals surface area contributed by atoms with Gasteiger partial charge >= 0.3 is 0 Å². The number of benzene rings is 1. The van der Waals surface area contributed by atoms with E-state index >= 15 is 0 Å². The second-order valence-corrected chi connectivity index (χ2v) is 6.50. The van der Waals surface area contributed by atoms with Crippen molar-refractivity contribution in [3.05, 3.63) is 76.2 Å². The Kier molecular flexibility index (Phi) is 6.02. The number of carbonyl (C=O) groups excluding carboxylic acids is 1. The number of rotatable bonds is 6. The molecule has 0 aliphatic carbocycles. The number of carbonyl (C=O) groups is 1. The van der Waals surface area contributed by atoms with Gasteiger partial charge in [-0.3, -0.25) is 9.59 Å². The van der Waals surface area contributed by atoms with Crippen LogP contribution in [0.3, 0.4) is 0 Å². The van der Waals surface area contributed by atoms with E-state index in [9.17, 15) is 9.59 Å². The van der Waals surface area contributed by atoms with E-state index in [1.807, 2.05) is 42.5 Å². The van der Waals surface area contributed by atoms with E-state index in [1.54, 1.807) is 30.3 Å². The predicted octanol–water partition coefficient (Wildman–Crippen LogP) is 2.72. The number of ether oxygens (including phenoxy) is 1. The summed E-state index contributed by atoms with van der Waals surface area (Å²) in [5, 5.41) is 0. The third-order valence-corrected chi connectivity index (χ3v) is 4.52. The monoisotopic (exact) mass is 352 g/mol. The number of pyridine rings is 1. The zero-order chi connectivity index (χ0) is 18.4. The van der Waals surface area contributed by atoms with Crippen molar-refractivity contribution in [1.29, 1.82) is 0 Å². The van der Waals surface area contributed by atoms with Crippen LogP contribution in [0.5, 0.6) is 0 Å². The van der Waals surface area contributed by atoms with Crippen molar-refractivity contribution in [2.75, 3.05) is 19.7 Å². The smallest absolute Gasteiger partial charge is 0.263 e. The van der Waals surface area contributed by atoms with Gasteiger partial charge in [-0.2, -0.15) is 0 Å². The van der Waals surface area contributed by atoms with E-state index in [1.165, 1.54) is 4.57 Å². The standard InChI is InChI=1S/C21H24N2O3/c1-22-13-6-12-19(20(22)24)21(25)23(16-18-11-7-15-26-18)14-5-10-17-8-3-2-4-9-17/h2-6,8-10,12-13,18H,7,11,14-16H2,1H3/b10-5+. The van der Waals surface area contributed by atoms with Crippen LogP contribution in [0.15, 0.2) is 59.5 Å². The van der Waals surface area contributed by atoms with Crippen molar-refractivity contribution in [3.8, 4) is 0 Å². The molecule has 0 spiro atoms. The summed E-state index contributed by atoms with van der Waals surface area (Å²) in [7, 11) is 1.65. The van der Waals surface area contributed by atoms with E-state index in [0.29, 0.717) is 13.1 Å². The lowest BCUT2D eigenvalue weighted by molar-refractivity contribution is 0.0552. The SMILES string of the molecule is Cn1cccc(C(=O)N(C/C=C/c2ccccc2)CC2CCCO2)c1=O. The van der Waals surface area contributed by atoms with Crippen molar-refractivity contribution in [2.45, 2.75) is 18.9 Å². The summed E-state index contributed by atoms with van der Waals surface area (Å²) in [4.78, 5) is 27.0. The lowest BCUT2D eigenvalue weighted by Gasteiger charge is -2.24. The Morgan fingerprint density at radius 2 is 2.08 bits per heavy atom. The number of nitrogens with zero attached hydrogens (tertiary/aromatic N) is 2. The Hall–Kier alpha value is -2.66. The highest BCUT2D eigenvalue weighted by Crippen LogP contribution is 2.15. The molecule has 1 aromatic carbocycles. The number of amides is 1. The van der Waals surface area contributed by atoms with Crippen LogP contribution in [0.2, 0.25) is 0 Å². The molecule has 26 heavy (non-hydrogen) atoms. The van der Waals surface area contributed by atoms with Gasteiger partial charge in [0.25, 0.3) is 11.5 Å². The summed E-state index contributed by atoms with van der Waals surface area (Å²) in [5.41, 5.74) is 0.996. The molecule has 1 aliphatic heterocycles. The van der Waals surface area contributed by atoms with Gasteiger partial charge in [-0.15, -0.1) is 0 Å². The van der Waals surface area contributed by atoms with Crippen LogP contribution < -0.4 is 5.56 Å². The molecule has 1 aliphatic rings. The van der Waals surface area contributed by atoms with E-state index < -0.39 is 0 Å². The quantitative estimate of drug-likeness (QED) is 0.803. The molecular formula is C21H24N2O3. The number of hydrogen-bond donors (Lipinski definition) is 0. The van der Waals surface area contributed by atoms with Gasteiger partial charge < -0.3 is 14.2 Å². The largest absolute Gasteiger partial charge is 0.376 e. The molecular weight excluding hydrogens is 328 g/mol. The van der Waals surface area contributed by atoms with Gasteiger partial charge in [-0.05, 0) is 30.5 Å². The number of aromatic nitrogens is 1. The Morgan fingerprint density at radius 3 is 2.81 bits per heavy atom. The van der Waals surface area contributed by atoms with Crippen LogP contribution in [0.1, 0.15) is 28.8 Å². The minimum Gasteiger partial charge on any atom is -0.376 e. The minimum atomic E-state index is -0.276. The molecule has 5 heteroatoms. The average molecular weight is 352 g/mol. The number of hydrogen-bond acceptors (Lipinski definition) is 3. The summed E-state index contributed by atoms with van der Waals surface area (Å²) in [6.07, 6.45) is 7.59. The van der Waals surface area contributed by atoms with E-state index in [2.05, 4.69) is 0 Å². The first kappa shape index (κ1) is 18.1. The molecule has 2 heterocycles. The lowest BCUT2D eigenvalue weighted by atomic mass is 10.1. The van der Waals surface area contributed by atoms with E-state index in [-0.39, 0.29) is 23.1 Å². The fourth-order valence-corrected chi connectivity index (χ4v) is 3.09. The summed E-state index contributed by atoms with van der Waals surface area (Å²) >= 11 is 0. The Balaban J connectivity index is 1.78. The summed E-state index contributed by atoms with van der Waals surface area (Å²) in [6.45, 7) is 1.67. The van der Waals surface area contributed by atoms with Crippen molar-refractivity contribution in [3.63, 3.8) is 0 Å². The minimum absolute atomic E-state index is 0.0386. The van der Waals surface area contributed by atoms with Gasteiger partial charge in [0.05, 0.1) is 6.10 Å². The molecule has 0 bridgehead atoms. The second kappa shape index (κ2) is 8.63. The molecule has 0 saturated carbocycles. The lowest BCUT2D eigenvalue weighted by Crippen LogP contribution is -2.40. The van der Waals surface area contributed by atoms with Crippen molar-refractivity contribution in [1.82, 2.24) is 9.47 Å². The molecule has 1 unspecified atom stereocenters. The van der Waals surface area contributed by atoms with Crippen LogP contribution in [0, 0.1) is 0 Å². The first-order valence-corrected chi connectivity index (χ1v) is 8.93. The van der Waals surface area contributed by atoms with Gasteiger partial charge in [0, 0.05) is 32.9 Å². The molecule has 1 amide bonds. The molecule has 5 nitrogen and oxygen atoms in total. The van der Waals surface area contributed by atoms with Crippen LogP contribution in [-0.4, -0.2) is 41.2 Å². The van der Waals surface area contributed by atoms with E-state index in [4.69, 9.17) is 4.74 Å². The predicted molar refractivity (Wildman–Crippen MR) is 102 cm³/mol. The van der Waals surface area contributed by atoms with Crippen molar-refractivity contribution >= 4 is 12.0 Å². The molecule has 0 N–H and O–H groups in total. The topological polar surface area (TPSA) is 51.5 Å². The van der Waals surface area contributed by atoms with Crippen LogP contribution in [0.25, 0.3) is 6.08 Å². The third-order valence-electron chi connectivity index (χ3n) is 4.52. The molecule has 1 atom stereocenters. The molecule has 1 aromatic heterocycles. The molecule has 136 valence electrons.